The molecule has 0 aliphatic carbocycles. The number of nitrogens with zero attached hydrogens (tertiary/aromatic N) is 5. The Kier molecular flexibility index (Phi) is 4.06. The number of benzene rings is 1. The van der Waals surface area contributed by atoms with E-state index in [2.05, 4.69) is 25.8 Å². The van der Waals surface area contributed by atoms with E-state index >= 15 is 0 Å². The van der Waals surface area contributed by atoms with Crippen molar-refractivity contribution in [3.05, 3.63) is 41.0 Å². The van der Waals surface area contributed by atoms with Gasteiger partial charge >= 0.3 is 0 Å². The fourth-order valence-electron chi connectivity index (χ4n) is 1.92. The maximum absolute atomic E-state index is 13.3. The summed E-state index contributed by atoms with van der Waals surface area (Å²) in [7, 11) is 0. The Hall–Kier alpha value is -2.75. The molecule has 3 rings (SSSR count). The molecule has 0 aliphatic heterocycles. The molecule has 118 valence electrons. The third-order valence-electron chi connectivity index (χ3n) is 2.93. The van der Waals surface area contributed by atoms with Crippen LogP contribution in [0.1, 0.15) is 4.88 Å². The van der Waals surface area contributed by atoms with Gasteiger partial charge < -0.3 is 5.32 Å². The lowest BCUT2D eigenvalue weighted by molar-refractivity contribution is -0.116. The van der Waals surface area contributed by atoms with Crippen LogP contribution in [0.4, 0.5) is 13.9 Å². The van der Waals surface area contributed by atoms with E-state index in [9.17, 15) is 13.6 Å². The molecule has 0 atom stereocenters. The molecule has 0 radical (unpaired) electrons. The standard InChI is InChI=1S/C13H10F2N6OS/c1-7-12(8-2-3-9(14)10(15)4-8)18-13(23-7)17-11(22)5-21-6-16-19-20-21/h2-4,6H,5H2,1H3,(H,17,18,22). The lowest BCUT2D eigenvalue weighted by Crippen LogP contribution is -2.19. The first-order valence-electron chi connectivity index (χ1n) is 6.46. The van der Waals surface area contributed by atoms with Crippen molar-refractivity contribution in [2.24, 2.45) is 0 Å². The number of thiazole rings is 1. The molecule has 2 aromatic heterocycles. The summed E-state index contributed by atoms with van der Waals surface area (Å²) in [6.45, 7) is 1.73. The molecule has 1 aromatic carbocycles. The van der Waals surface area contributed by atoms with Gasteiger partial charge in [0.1, 0.15) is 12.9 Å². The van der Waals surface area contributed by atoms with Gasteiger partial charge in [0.2, 0.25) is 5.91 Å². The van der Waals surface area contributed by atoms with Gasteiger partial charge in [0.05, 0.1) is 5.69 Å². The summed E-state index contributed by atoms with van der Waals surface area (Å²) < 4.78 is 27.6. The predicted octanol–water partition coefficient (Wildman–Crippen LogP) is 2.02. The SMILES string of the molecule is Cc1sc(NC(=O)Cn2cnnn2)nc1-c1ccc(F)c(F)c1. The van der Waals surface area contributed by atoms with E-state index in [1.54, 1.807) is 6.92 Å². The van der Waals surface area contributed by atoms with Crippen LogP contribution in [-0.2, 0) is 11.3 Å². The van der Waals surface area contributed by atoms with Crippen molar-refractivity contribution in [2.45, 2.75) is 13.5 Å². The molecule has 1 N–H and O–H groups in total. The molecule has 2 heterocycles. The average molecular weight is 336 g/mol. The minimum Gasteiger partial charge on any atom is -0.300 e. The highest BCUT2D eigenvalue weighted by Gasteiger charge is 2.14. The van der Waals surface area contributed by atoms with Crippen LogP contribution in [0.5, 0.6) is 0 Å². The summed E-state index contributed by atoms with van der Waals surface area (Å²) in [6, 6.07) is 3.55. The van der Waals surface area contributed by atoms with Crippen molar-refractivity contribution < 1.29 is 13.6 Å². The molecule has 0 saturated heterocycles. The number of carbonyl (C=O) groups is 1. The lowest BCUT2D eigenvalue weighted by Gasteiger charge is -2.01. The minimum atomic E-state index is -0.945. The zero-order chi connectivity index (χ0) is 16.4. The second-order valence-corrected chi connectivity index (χ2v) is 5.81. The van der Waals surface area contributed by atoms with E-state index in [-0.39, 0.29) is 12.5 Å². The molecule has 10 heteroatoms. The van der Waals surface area contributed by atoms with Crippen LogP contribution in [0.25, 0.3) is 11.3 Å². The predicted molar refractivity (Wildman–Crippen MR) is 78.6 cm³/mol. The van der Waals surface area contributed by atoms with Crippen LogP contribution in [0.2, 0.25) is 0 Å². The van der Waals surface area contributed by atoms with Gasteiger partial charge in [0.25, 0.3) is 0 Å². The van der Waals surface area contributed by atoms with Gasteiger partial charge in [-0.15, -0.1) is 16.4 Å². The van der Waals surface area contributed by atoms with E-state index in [4.69, 9.17) is 0 Å². The number of anilines is 1. The third-order valence-corrected chi connectivity index (χ3v) is 3.82. The van der Waals surface area contributed by atoms with Crippen LogP contribution >= 0.6 is 11.3 Å². The number of aromatic nitrogens is 5. The Morgan fingerprint density at radius 3 is 2.87 bits per heavy atom. The maximum Gasteiger partial charge on any atom is 0.248 e. The van der Waals surface area contributed by atoms with E-state index in [1.807, 2.05) is 0 Å². The second kappa shape index (κ2) is 6.16. The van der Waals surface area contributed by atoms with Crippen LogP contribution in [-0.4, -0.2) is 31.1 Å². The molecule has 0 fully saturated rings. The maximum atomic E-state index is 13.3. The topological polar surface area (TPSA) is 85.6 Å². The molecule has 23 heavy (non-hydrogen) atoms. The van der Waals surface area contributed by atoms with Gasteiger partial charge in [0.15, 0.2) is 16.8 Å². The number of carbonyl (C=O) groups excluding carboxylic acids is 1. The van der Waals surface area contributed by atoms with E-state index in [0.29, 0.717) is 16.4 Å². The highest BCUT2D eigenvalue weighted by Crippen LogP contribution is 2.31. The van der Waals surface area contributed by atoms with Crippen molar-refractivity contribution >= 4 is 22.4 Å². The first kappa shape index (κ1) is 15.2. The molecule has 0 unspecified atom stereocenters. The van der Waals surface area contributed by atoms with Crippen molar-refractivity contribution in [3.63, 3.8) is 0 Å². The van der Waals surface area contributed by atoms with Gasteiger partial charge in [-0.3, -0.25) is 4.79 Å². The molecule has 0 saturated carbocycles. The number of halogens is 2. The first-order valence-corrected chi connectivity index (χ1v) is 7.28. The molecule has 0 spiro atoms. The van der Waals surface area contributed by atoms with E-state index in [1.165, 1.54) is 28.4 Å². The van der Waals surface area contributed by atoms with Crippen molar-refractivity contribution in [2.75, 3.05) is 5.32 Å². The number of aryl methyl sites for hydroxylation is 1. The van der Waals surface area contributed by atoms with Crippen molar-refractivity contribution in [1.82, 2.24) is 25.2 Å². The summed E-state index contributed by atoms with van der Waals surface area (Å²) in [5, 5.41) is 13.4. The Morgan fingerprint density at radius 1 is 1.35 bits per heavy atom. The lowest BCUT2D eigenvalue weighted by atomic mass is 10.1. The Morgan fingerprint density at radius 2 is 2.17 bits per heavy atom. The molecular formula is C13H10F2N6OS. The Balaban J connectivity index is 1.77. The van der Waals surface area contributed by atoms with Gasteiger partial charge in [-0.2, -0.15) is 0 Å². The van der Waals surface area contributed by atoms with Crippen molar-refractivity contribution in [3.8, 4) is 11.3 Å². The Bertz CT molecular complexity index is 848. The second-order valence-electron chi connectivity index (χ2n) is 4.61. The Labute approximate surface area is 133 Å². The largest absolute Gasteiger partial charge is 0.300 e. The third kappa shape index (κ3) is 3.37. The number of rotatable bonds is 4. The highest BCUT2D eigenvalue weighted by atomic mass is 32.1. The van der Waals surface area contributed by atoms with Crippen LogP contribution in [0, 0.1) is 18.6 Å². The summed E-state index contributed by atoms with van der Waals surface area (Å²) in [5.74, 6) is -2.21. The molecule has 0 bridgehead atoms. The molecular weight excluding hydrogens is 326 g/mol. The van der Waals surface area contributed by atoms with Crippen LogP contribution in [0.3, 0.4) is 0 Å². The minimum absolute atomic E-state index is 0.0495. The normalized spacial score (nSPS) is 10.7. The summed E-state index contributed by atoms with van der Waals surface area (Å²) in [6.07, 6.45) is 1.32. The number of hydrogen-bond donors (Lipinski definition) is 1. The molecule has 0 aliphatic rings. The van der Waals surface area contributed by atoms with Gasteiger partial charge in [-0.25, -0.2) is 18.4 Å². The monoisotopic (exact) mass is 336 g/mol. The summed E-state index contributed by atoms with van der Waals surface area (Å²) >= 11 is 1.24. The van der Waals surface area contributed by atoms with Gasteiger partial charge in [-0.1, -0.05) is 0 Å². The van der Waals surface area contributed by atoms with E-state index in [0.717, 1.165) is 17.0 Å². The number of tetrazole rings is 1. The number of nitrogens with one attached hydrogen (secondary N) is 1. The quantitative estimate of drug-likeness (QED) is 0.788. The molecule has 7 nitrogen and oxygen atoms in total. The van der Waals surface area contributed by atoms with E-state index < -0.39 is 11.6 Å². The van der Waals surface area contributed by atoms with Crippen LogP contribution in [0.15, 0.2) is 24.5 Å². The molecule has 3 aromatic rings. The zero-order valence-corrected chi connectivity index (χ0v) is 12.6. The fourth-order valence-corrected chi connectivity index (χ4v) is 2.77. The number of amides is 1. The van der Waals surface area contributed by atoms with Gasteiger partial charge in [0, 0.05) is 10.4 Å². The highest BCUT2D eigenvalue weighted by molar-refractivity contribution is 7.16. The van der Waals surface area contributed by atoms with Crippen molar-refractivity contribution in [1.29, 1.82) is 0 Å². The van der Waals surface area contributed by atoms with Gasteiger partial charge in [-0.05, 0) is 35.5 Å². The summed E-state index contributed by atoms with van der Waals surface area (Å²) in [4.78, 5) is 16.9. The molecule has 1 amide bonds. The van der Waals surface area contributed by atoms with Crippen LogP contribution < -0.4 is 5.32 Å². The number of hydrogen-bond acceptors (Lipinski definition) is 6. The fraction of sp³-hybridized carbons (Fsp3) is 0.154. The summed E-state index contributed by atoms with van der Waals surface area (Å²) in [5.41, 5.74) is 0.935. The zero-order valence-electron chi connectivity index (χ0n) is 11.8. The average Bonchev–Trinajstić information content (AvgIpc) is 3.12. The smallest absolute Gasteiger partial charge is 0.248 e. The first-order chi connectivity index (χ1) is 11.0.